The van der Waals surface area contributed by atoms with Crippen molar-refractivity contribution >= 4 is 18.0 Å². The van der Waals surface area contributed by atoms with E-state index in [2.05, 4.69) is 15.0 Å². The van der Waals surface area contributed by atoms with Gasteiger partial charge in [0.15, 0.2) is 11.8 Å². The number of methoxy groups -OCH3 is 1. The van der Waals surface area contributed by atoms with Crippen LogP contribution in [0.25, 0.3) is 0 Å². The minimum absolute atomic E-state index is 0.185. The maximum Gasteiger partial charge on any atom is 0.335 e. The lowest BCUT2D eigenvalue weighted by molar-refractivity contribution is -0.145. The van der Waals surface area contributed by atoms with E-state index in [1.165, 1.54) is 34.8 Å². The number of aldehydes is 1. The number of rotatable bonds is 5. The van der Waals surface area contributed by atoms with Crippen molar-refractivity contribution in [3.8, 4) is 0 Å². The maximum absolute atomic E-state index is 11.3. The number of carbonyl (C=O) groups is 3. The fourth-order valence-electron chi connectivity index (χ4n) is 0.734. The molecule has 0 bridgehead atoms. The molecule has 0 aliphatic heterocycles. The topological polar surface area (TPSA) is 85.2 Å². The van der Waals surface area contributed by atoms with E-state index < -0.39 is 22.8 Å². The predicted octanol–water partition coefficient (Wildman–Crippen LogP) is 0.937. The summed E-state index contributed by atoms with van der Waals surface area (Å²) in [5.41, 5.74) is -2.43. The summed E-state index contributed by atoms with van der Waals surface area (Å²) in [5, 5.41) is 7.45. The van der Waals surface area contributed by atoms with Crippen molar-refractivity contribution in [2.45, 2.75) is 38.8 Å². The molecule has 0 fully saturated rings. The molecular weight excluding hydrogens is 212 g/mol. The molecule has 0 aliphatic carbocycles. The number of ether oxygens (including phenoxy) is 1. The Balaban J connectivity index is 4.90. The van der Waals surface area contributed by atoms with Crippen molar-refractivity contribution in [2.24, 2.45) is 10.2 Å². The second-order valence-electron chi connectivity index (χ2n) is 4.29. The van der Waals surface area contributed by atoms with Gasteiger partial charge in [0.25, 0.3) is 0 Å². The number of hydrogen-bond acceptors (Lipinski definition) is 6. The second-order valence-corrected chi connectivity index (χ2v) is 4.29. The van der Waals surface area contributed by atoms with Crippen LogP contribution in [0.3, 0.4) is 0 Å². The minimum Gasteiger partial charge on any atom is -0.467 e. The molecule has 0 N–H and O–H groups in total. The molecule has 6 nitrogen and oxygen atoms in total. The minimum atomic E-state index is -1.26. The van der Waals surface area contributed by atoms with Gasteiger partial charge in [0, 0.05) is 0 Å². The van der Waals surface area contributed by atoms with Crippen molar-refractivity contribution in [1.29, 1.82) is 0 Å². The fraction of sp³-hybridized carbons (Fsp3) is 0.700. The standard InChI is InChI=1S/C10H16N2O4/c1-9(2,7(14)6-13)11-12-10(3,4)8(15)16-5/h6H,1-5H3. The number of nitrogens with zero attached hydrogens (tertiary/aromatic N) is 2. The quantitative estimate of drug-likeness (QED) is 0.303. The van der Waals surface area contributed by atoms with Crippen LogP contribution in [0, 0.1) is 0 Å². The van der Waals surface area contributed by atoms with Gasteiger partial charge in [-0.1, -0.05) is 0 Å². The first-order valence-electron chi connectivity index (χ1n) is 4.69. The molecule has 0 aromatic rings. The highest BCUT2D eigenvalue weighted by atomic mass is 16.5. The zero-order valence-corrected chi connectivity index (χ0v) is 10.1. The summed E-state index contributed by atoms with van der Waals surface area (Å²) in [6, 6.07) is 0. The molecule has 16 heavy (non-hydrogen) atoms. The molecule has 0 aromatic carbocycles. The van der Waals surface area contributed by atoms with E-state index in [9.17, 15) is 14.4 Å². The zero-order chi connectivity index (χ0) is 13.0. The van der Waals surface area contributed by atoms with Crippen molar-refractivity contribution in [1.82, 2.24) is 0 Å². The highest BCUT2D eigenvalue weighted by Gasteiger charge is 2.32. The molecule has 6 heteroatoms. The van der Waals surface area contributed by atoms with E-state index in [0.717, 1.165) is 0 Å². The molecule has 0 rings (SSSR count). The average molecular weight is 228 g/mol. The highest BCUT2D eigenvalue weighted by Crippen LogP contribution is 2.17. The van der Waals surface area contributed by atoms with Gasteiger partial charge in [-0.15, -0.1) is 0 Å². The van der Waals surface area contributed by atoms with E-state index in [4.69, 9.17) is 0 Å². The Labute approximate surface area is 94.1 Å². The summed E-state index contributed by atoms with van der Waals surface area (Å²) in [5.74, 6) is -1.26. The summed E-state index contributed by atoms with van der Waals surface area (Å²) in [6.07, 6.45) is 0.185. The summed E-state index contributed by atoms with van der Waals surface area (Å²) < 4.78 is 4.52. The van der Waals surface area contributed by atoms with Gasteiger partial charge in [-0.3, -0.25) is 9.59 Å². The maximum atomic E-state index is 11.3. The molecule has 0 aliphatic rings. The summed E-state index contributed by atoms with van der Waals surface area (Å²) in [6.45, 7) is 5.90. The monoisotopic (exact) mass is 228 g/mol. The normalized spacial score (nSPS) is 12.6. The number of esters is 1. The van der Waals surface area contributed by atoms with Gasteiger partial charge < -0.3 is 4.74 Å². The van der Waals surface area contributed by atoms with E-state index in [0.29, 0.717) is 0 Å². The van der Waals surface area contributed by atoms with E-state index in [1.807, 2.05) is 0 Å². The third kappa shape index (κ3) is 3.52. The van der Waals surface area contributed by atoms with Crippen LogP contribution in [-0.2, 0) is 19.1 Å². The Morgan fingerprint density at radius 1 is 1.06 bits per heavy atom. The van der Waals surface area contributed by atoms with Crippen LogP contribution in [0.5, 0.6) is 0 Å². The van der Waals surface area contributed by atoms with Crippen LogP contribution in [0.15, 0.2) is 10.2 Å². The van der Waals surface area contributed by atoms with Crippen molar-refractivity contribution in [3.63, 3.8) is 0 Å². The lowest BCUT2D eigenvalue weighted by atomic mass is 10.0. The zero-order valence-electron chi connectivity index (χ0n) is 10.1. The number of hydrogen-bond donors (Lipinski definition) is 0. The van der Waals surface area contributed by atoms with E-state index >= 15 is 0 Å². The van der Waals surface area contributed by atoms with Crippen molar-refractivity contribution in [3.05, 3.63) is 0 Å². The SMILES string of the molecule is COC(=O)C(C)(C)N=NC(C)(C)C(=O)C=O. The lowest BCUT2D eigenvalue weighted by Gasteiger charge is -2.18. The molecule has 0 unspecified atom stereocenters. The molecular formula is C10H16N2O4. The van der Waals surface area contributed by atoms with Crippen LogP contribution >= 0.6 is 0 Å². The van der Waals surface area contributed by atoms with E-state index in [-0.39, 0.29) is 6.29 Å². The first kappa shape index (κ1) is 14.4. The van der Waals surface area contributed by atoms with Crippen molar-refractivity contribution in [2.75, 3.05) is 7.11 Å². The predicted molar refractivity (Wildman–Crippen MR) is 56.1 cm³/mol. The summed E-state index contributed by atoms with van der Waals surface area (Å²) in [4.78, 5) is 32.7. The highest BCUT2D eigenvalue weighted by molar-refractivity contribution is 6.29. The number of Topliss-reactive ketones (excluding diaryl/α,β-unsaturated/α-hetero) is 1. The van der Waals surface area contributed by atoms with Gasteiger partial charge in [0.05, 0.1) is 7.11 Å². The Morgan fingerprint density at radius 3 is 1.88 bits per heavy atom. The third-order valence-corrected chi connectivity index (χ3v) is 1.94. The van der Waals surface area contributed by atoms with Crippen LogP contribution in [0.4, 0.5) is 0 Å². The average Bonchev–Trinajstić information content (AvgIpc) is 2.24. The smallest absolute Gasteiger partial charge is 0.335 e. The van der Waals surface area contributed by atoms with Crippen LogP contribution < -0.4 is 0 Å². The first-order chi connectivity index (χ1) is 7.17. The molecule has 0 amide bonds. The van der Waals surface area contributed by atoms with Gasteiger partial charge in [-0.05, 0) is 27.7 Å². The van der Waals surface area contributed by atoms with Crippen LogP contribution in [0.1, 0.15) is 27.7 Å². The van der Waals surface area contributed by atoms with Crippen LogP contribution in [-0.4, -0.2) is 36.2 Å². The number of carbonyl (C=O) groups excluding carboxylic acids is 3. The fourth-order valence-corrected chi connectivity index (χ4v) is 0.734. The Hall–Kier alpha value is -1.59. The summed E-state index contributed by atoms with van der Waals surface area (Å²) in [7, 11) is 1.24. The lowest BCUT2D eigenvalue weighted by Crippen LogP contribution is -2.34. The van der Waals surface area contributed by atoms with Gasteiger partial charge in [0.1, 0.15) is 5.54 Å². The largest absolute Gasteiger partial charge is 0.467 e. The summed E-state index contributed by atoms with van der Waals surface area (Å²) >= 11 is 0. The molecule has 0 saturated carbocycles. The molecule has 0 aromatic heterocycles. The van der Waals surface area contributed by atoms with Gasteiger partial charge in [-0.25, -0.2) is 4.79 Å². The number of azo groups is 1. The second kappa shape index (κ2) is 4.96. The Kier molecular flexibility index (Phi) is 4.47. The van der Waals surface area contributed by atoms with Crippen LogP contribution in [0.2, 0.25) is 0 Å². The molecule has 0 atom stereocenters. The Morgan fingerprint density at radius 2 is 1.50 bits per heavy atom. The van der Waals surface area contributed by atoms with E-state index in [1.54, 1.807) is 0 Å². The molecule has 90 valence electrons. The molecule has 0 saturated heterocycles. The van der Waals surface area contributed by atoms with Gasteiger partial charge in [0.2, 0.25) is 5.78 Å². The van der Waals surface area contributed by atoms with Gasteiger partial charge in [-0.2, -0.15) is 10.2 Å². The molecule has 0 spiro atoms. The molecule has 0 heterocycles. The Bertz CT molecular complexity index is 332. The molecule has 0 radical (unpaired) electrons. The number of ketones is 1. The van der Waals surface area contributed by atoms with Gasteiger partial charge >= 0.3 is 5.97 Å². The van der Waals surface area contributed by atoms with Crippen molar-refractivity contribution < 1.29 is 19.1 Å². The third-order valence-electron chi connectivity index (χ3n) is 1.94. The first-order valence-corrected chi connectivity index (χ1v) is 4.69.